The van der Waals surface area contributed by atoms with Crippen molar-refractivity contribution < 1.29 is 14.3 Å². The average molecular weight is 401 g/mol. The lowest BCUT2D eigenvalue weighted by Crippen LogP contribution is -2.47. The van der Waals surface area contributed by atoms with E-state index in [1.807, 2.05) is 55.5 Å². The molecular formula is C22H28N2O3S. The van der Waals surface area contributed by atoms with E-state index < -0.39 is 6.04 Å². The van der Waals surface area contributed by atoms with E-state index in [0.717, 1.165) is 28.2 Å². The van der Waals surface area contributed by atoms with Gasteiger partial charge in [0.25, 0.3) is 0 Å². The molecule has 150 valence electrons. The molecule has 0 saturated carbocycles. The summed E-state index contributed by atoms with van der Waals surface area (Å²) in [4.78, 5) is 26.6. The maximum absolute atomic E-state index is 12.9. The van der Waals surface area contributed by atoms with Crippen molar-refractivity contribution in [1.29, 1.82) is 0 Å². The third-order valence-corrected chi connectivity index (χ3v) is 5.53. The summed E-state index contributed by atoms with van der Waals surface area (Å²) < 4.78 is 5.16. The van der Waals surface area contributed by atoms with Gasteiger partial charge in [0.2, 0.25) is 11.8 Å². The highest BCUT2D eigenvalue weighted by atomic mass is 32.2. The monoisotopic (exact) mass is 400 g/mol. The van der Waals surface area contributed by atoms with Gasteiger partial charge in [-0.2, -0.15) is 0 Å². The highest BCUT2D eigenvalue weighted by Gasteiger charge is 2.25. The SMILES string of the molecule is CNC(=O)[C@H](C)N(Cc1ccc(C)cc1)C(=O)CSCc1ccc(OC)cc1. The Kier molecular flexibility index (Phi) is 8.39. The lowest BCUT2D eigenvalue weighted by Gasteiger charge is -2.28. The van der Waals surface area contributed by atoms with E-state index in [9.17, 15) is 9.59 Å². The summed E-state index contributed by atoms with van der Waals surface area (Å²) in [6.45, 7) is 4.20. The van der Waals surface area contributed by atoms with Gasteiger partial charge in [-0.1, -0.05) is 42.0 Å². The van der Waals surface area contributed by atoms with E-state index in [2.05, 4.69) is 5.32 Å². The van der Waals surface area contributed by atoms with E-state index >= 15 is 0 Å². The maximum atomic E-state index is 12.9. The number of hydrogen-bond donors (Lipinski definition) is 1. The van der Waals surface area contributed by atoms with Crippen LogP contribution in [0.25, 0.3) is 0 Å². The molecule has 1 atom stereocenters. The van der Waals surface area contributed by atoms with Crippen molar-refractivity contribution in [3.63, 3.8) is 0 Å². The third kappa shape index (κ3) is 6.30. The topological polar surface area (TPSA) is 58.6 Å². The molecule has 0 aliphatic rings. The van der Waals surface area contributed by atoms with Crippen molar-refractivity contribution in [2.75, 3.05) is 19.9 Å². The van der Waals surface area contributed by atoms with Gasteiger partial charge in [-0.25, -0.2) is 0 Å². The Hall–Kier alpha value is -2.47. The Morgan fingerprint density at radius 1 is 1.07 bits per heavy atom. The number of carbonyl (C=O) groups is 2. The number of thioether (sulfide) groups is 1. The minimum absolute atomic E-state index is 0.0461. The lowest BCUT2D eigenvalue weighted by atomic mass is 10.1. The summed E-state index contributed by atoms with van der Waals surface area (Å²) in [6.07, 6.45) is 0. The number of methoxy groups -OCH3 is 1. The van der Waals surface area contributed by atoms with Gasteiger partial charge in [-0.3, -0.25) is 9.59 Å². The molecule has 0 saturated heterocycles. The van der Waals surface area contributed by atoms with E-state index in [1.54, 1.807) is 37.7 Å². The van der Waals surface area contributed by atoms with E-state index in [-0.39, 0.29) is 11.8 Å². The van der Waals surface area contributed by atoms with Gasteiger partial charge in [0.1, 0.15) is 11.8 Å². The molecule has 0 aliphatic carbocycles. The van der Waals surface area contributed by atoms with Crippen LogP contribution in [-0.2, 0) is 21.9 Å². The normalized spacial score (nSPS) is 11.6. The van der Waals surface area contributed by atoms with Crippen molar-refractivity contribution in [3.8, 4) is 5.75 Å². The predicted octanol–water partition coefficient (Wildman–Crippen LogP) is 3.40. The number of benzene rings is 2. The number of ether oxygens (including phenoxy) is 1. The lowest BCUT2D eigenvalue weighted by molar-refractivity contribution is -0.138. The zero-order valence-electron chi connectivity index (χ0n) is 16.9. The predicted molar refractivity (Wildman–Crippen MR) is 114 cm³/mol. The molecule has 2 amide bonds. The van der Waals surface area contributed by atoms with Crippen molar-refractivity contribution in [2.45, 2.75) is 32.2 Å². The fraction of sp³-hybridized carbons (Fsp3) is 0.364. The second-order valence-corrected chi connectivity index (χ2v) is 7.62. The summed E-state index contributed by atoms with van der Waals surface area (Å²) in [5.41, 5.74) is 3.30. The molecule has 0 aliphatic heterocycles. The fourth-order valence-electron chi connectivity index (χ4n) is 2.74. The molecule has 0 unspecified atom stereocenters. The molecule has 0 radical (unpaired) electrons. The standard InChI is InChI=1S/C22H28N2O3S/c1-16-5-7-18(8-6-16)13-24(17(2)22(26)23-3)21(25)15-28-14-19-9-11-20(27-4)12-10-19/h5-12,17H,13-15H2,1-4H3,(H,23,26)/t17-/m0/s1. The maximum Gasteiger partial charge on any atom is 0.242 e. The Bertz CT molecular complexity index is 775. The summed E-state index contributed by atoms with van der Waals surface area (Å²) in [7, 11) is 3.23. The van der Waals surface area contributed by atoms with E-state index in [4.69, 9.17) is 4.74 Å². The highest BCUT2D eigenvalue weighted by Crippen LogP contribution is 2.18. The van der Waals surface area contributed by atoms with Crippen LogP contribution < -0.4 is 10.1 Å². The van der Waals surface area contributed by atoms with E-state index in [1.165, 1.54) is 0 Å². The van der Waals surface area contributed by atoms with Crippen LogP contribution in [-0.4, -0.2) is 42.7 Å². The minimum atomic E-state index is -0.527. The molecule has 28 heavy (non-hydrogen) atoms. The first-order chi connectivity index (χ1) is 13.4. The van der Waals surface area contributed by atoms with Crippen molar-refractivity contribution in [1.82, 2.24) is 10.2 Å². The first-order valence-electron chi connectivity index (χ1n) is 9.22. The highest BCUT2D eigenvalue weighted by molar-refractivity contribution is 7.99. The first kappa shape index (κ1) is 21.8. The number of nitrogens with zero attached hydrogens (tertiary/aromatic N) is 1. The molecule has 0 spiro atoms. The minimum Gasteiger partial charge on any atom is -0.497 e. The van der Waals surface area contributed by atoms with Crippen LogP contribution in [0.1, 0.15) is 23.6 Å². The molecule has 2 aromatic carbocycles. The number of amides is 2. The molecule has 2 rings (SSSR count). The summed E-state index contributed by atoms with van der Waals surface area (Å²) in [6, 6.07) is 15.3. The smallest absolute Gasteiger partial charge is 0.242 e. The van der Waals surface area contributed by atoms with Crippen LogP contribution in [0.4, 0.5) is 0 Å². The number of nitrogens with one attached hydrogen (secondary N) is 1. The fourth-order valence-corrected chi connectivity index (χ4v) is 3.61. The van der Waals surface area contributed by atoms with Crippen LogP contribution in [0.3, 0.4) is 0 Å². The summed E-state index contributed by atoms with van der Waals surface area (Å²) >= 11 is 1.54. The summed E-state index contributed by atoms with van der Waals surface area (Å²) in [5.74, 6) is 1.64. The Morgan fingerprint density at radius 2 is 1.68 bits per heavy atom. The second kappa shape index (κ2) is 10.8. The molecule has 1 N–H and O–H groups in total. The van der Waals surface area contributed by atoms with Crippen LogP contribution in [0.15, 0.2) is 48.5 Å². The number of aryl methyl sites for hydroxylation is 1. The average Bonchev–Trinajstić information content (AvgIpc) is 2.72. The molecule has 0 bridgehead atoms. The molecule has 0 aromatic heterocycles. The Morgan fingerprint density at radius 3 is 2.25 bits per heavy atom. The quantitative estimate of drug-likeness (QED) is 0.701. The van der Waals surface area contributed by atoms with Crippen LogP contribution in [0.5, 0.6) is 5.75 Å². The van der Waals surface area contributed by atoms with E-state index in [0.29, 0.717) is 12.3 Å². The van der Waals surface area contributed by atoms with Crippen LogP contribution in [0.2, 0.25) is 0 Å². The van der Waals surface area contributed by atoms with Gasteiger partial charge in [0, 0.05) is 19.3 Å². The molecule has 2 aromatic rings. The largest absolute Gasteiger partial charge is 0.497 e. The number of carbonyl (C=O) groups excluding carboxylic acids is 2. The van der Waals surface area contributed by atoms with Gasteiger partial charge in [0.15, 0.2) is 0 Å². The third-order valence-electron chi connectivity index (χ3n) is 4.54. The molecule has 6 heteroatoms. The zero-order chi connectivity index (χ0) is 20.5. The van der Waals surface area contributed by atoms with Gasteiger partial charge >= 0.3 is 0 Å². The van der Waals surface area contributed by atoms with Gasteiger partial charge in [0.05, 0.1) is 12.9 Å². The Labute approximate surface area is 171 Å². The number of likely N-dealkylation sites (N-methyl/N-ethyl adjacent to an activating group) is 1. The Balaban J connectivity index is 2.00. The van der Waals surface area contributed by atoms with Gasteiger partial charge in [-0.15, -0.1) is 11.8 Å². The van der Waals surface area contributed by atoms with Crippen molar-refractivity contribution in [3.05, 3.63) is 65.2 Å². The zero-order valence-corrected chi connectivity index (χ0v) is 17.7. The number of hydrogen-bond acceptors (Lipinski definition) is 4. The molecular weight excluding hydrogens is 372 g/mol. The second-order valence-electron chi connectivity index (χ2n) is 6.64. The van der Waals surface area contributed by atoms with Crippen LogP contribution in [0, 0.1) is 6.92 Å². The number of rotatable bonds is 9. The van der Waals surface area contributed by atoms with Crippen molar-refractivity contribution in [2.24, 2.45) is 0 Å². The van der Waals surface area contributed by atoms with Crippen molar-refractivity contribution >= 4 is 23.6 Å². The molecule has 0 heterocycles. The van der Waals surface area contributed by atoms with Gasteiger partial charge < -0.3 is 15.0 Å². The first-order valence-corrected chi connectivity index (χ1v) is 10.4. The molecule has 5 nitrogen and oxygen atoms in total. The van der Waals surface area contributed by atoms with Gasteiger partial charge in [-0.05, 0) is 37.1 Å². The van der Waals surface area contributed by atoms with Crippen LogP contribution >= 0.6 is 11.8 Å². The summed E-state index contributed by atoms with van der Waals surface area (Å²) in [5, 5.41) is 2.64. The molecule has 0 fully saturated rings.